The summed E-state index contributed by atoms with van der Waals surface area (Å²) in [7, 11) is 0. The number of aliphatic imine (C=N–C) groups is 1. The molecule has 0 heterocycles. The second-order valence-corrected chi connectivity index (χ2v) is 6.26. The van der Waals surface area contributed by atoms with Crippen molar-refractivity contribution in [3.8, 4) is 11.5 Å². The van der Waals surface area contributed by atoms with Crippen LogP contribution in [-0.4, -0.2) is 17.9 Å². The summed E-state index contributed by atoms with van der Waals surface area (Å²) in [6.45, 7) is 4.41. The first-order valence-electron chi connectivity index (χ1n) is 6.46. The van der Waals surface area contributed by atoms with Gasteiger partial charge in [0, 0.05) is 16.3 Å². The van der Waals surface area contributed by atoms with E-state index in [0.29, 0.717) is 23.6 Å². The average Bonchev–Trinajstić information content (AvgIpc) is 2.41. The summed E-state index contributed by atoms with van der Waals surface area (Å²) in [4.78, 5) is 4.44. The molecule has 0 aromatic heterocycles. The zero-order valence-electron chi connectivity index (χ0n) is 11.7. The number of ether oxygens (including phenoxy) is 1. The first kappa shape index (κ1) is 16.0. The molecule has 0 atom stereocenters. The molecule has 0 spiro atoms. The number of phenols is 1. The van der Waals surface area contributed by atoms with Gasteiger partial charge in [-0.1, -0.05) is 22.0 Å². The monoisotopic (exact) mass is 411 g/mol. The molecule has 5 heteroatoms. The predicted molar refractivity (Wildman–Crippen MR) is 93.1 cm³/mol. The molecule has 0 unspecified atom stereocenters. The van der Waals surface area contributed by atoms with E-state index in [1.807, 2.05) is 38.1 Å². The molecule has 1 N–H and O–H groups in total. The van der Waals surface area contributed by atoms with Crippen LogP contribution in [0.25, 0.3) is 0 Å². The van der Waals surface area contributed by atoms with E-state index in [1.165, 1.54) is 0 Å². The van der Waals surface area contributed by atoms with E-state index in [9.17, 15) is 5.11 Å². The number of aromatic hydroxyl groups is 1. The van der Waals surface area contributed by atoms with Crippen LogP contribution in [0.3, 0.4) is 0 Å². The highest BCUT2D eigenvalue weighted by atomic mass is 79.9. The lowest BCUT2D eigenvalue weighted by molar-refractivity contribution is 0.339. The largest absolute Gasteiger partial charge is 0.507 e. The predicted octanol–water partition coefficient (Wildman–Crippen LogP) is 5.37. The molecule has 3 nitrogen and oxygen atoms in total. The number of halogens is 2. The number of hydrogen-bond acceptors (Lipinski definition) is 3. The Morgan fingerprint density at radius 1 is 1.24 bits per heavy atom. The van der Waals surface area contributed by atoms with E-state index in [4.69, 9.17) is 4.74 Å². The lowest BCUT2D eigenvalue weighted by Gasteiger charge is -2.10. The van der Waals surface area contributed by atoms with Crippen LogP contribution in [0, 0.1) is 6.92 Å². The molecule has 2 aromatic rings. The van der Waals surface area contributed by atoms with Crippen LogP contribution >= 0.6 is 31.9 Å². The van der Waals surface area contributed by atoms with Gasteiger partial charge in [-0.25, -0.2) is 0 Å². The third-order valence-corrected chi connectivity index (χ3v) is 3.85. The van der Waals surface area contributed by atoms with Gasteiger partial charge in [0.25, 0.3) is 0 Å². The Kier molecular flexibility index (Phi) is 5.42. The molecule has 0 saturated heterocycles. The van der Waals surface area contributed by atoms with Crippen molar-refractivity contribution in [2.75, 3.05) is 6.61 Å². The topological polar surface area (TPSA) is 41.8 Å². The Morgan fingerprint density at radius 3 is 2.67 bits per heavy atom. The Morgan fingerprint density at radius 2 is 2.00 bits per heavy atom. The minimum atomic E-state index is 0.214. The maximum atomic E-state index is 9.91. The van der Waals surface area contributed by atoms with Crippen molar-refractivity contribution < 1.29 is 9.84 Å². The van der Waals surface area contributed by atoms with Gasteiger partial charge in [0.05, 0.1) is 11.1 Å². The summed E-state index contributed by atoms with van der Waals surface area (Å²) in [5.74, 6) is 0.898. The van der Waals surface area contributed by atoms with Gasteiger partial charge in [-0.3, -0.25) is 4.99 Å². The molecular formula is C16H15Br2NO2. The fraction of sp³-hybridized carbons (Fsp3) is 0.188. The van der Waals surface area contributed by atoms with Crippen LogP contribution in [-0.2, 0) is 0 Å². The first-order chi connectivity index (χ1) is 10.0. The standard InChI is InChI=1S/C16H15Br2NO2/c1-3-21-16-13(18)7-12(17)8-14(16)19-9-11-5-4-10(2)6-15(11)20/h4-9,20H,3H2,1-2H3. The third-order valence-electron chi connectivity index (χ3n) is 2.81. The highest BCUT2D eigenvalue weighted by Gasteiger charge is 2.09. The van der Waals surface area contributed by atoms with Crippen molar-refractivity contribution in [3.63, 3.8) is 0 Å². The molecule has 21 heavy (non-hydrogen) atoms. The summed E-state index contributed by atoms with van der Waals surface area (Å²) < 4.78 is 7.35. The van der Waals surface area contributed by atoms with Gasteiger partial charge in [-0.05, 0) is 59.6 Å². The highest BCUT2D eigenvalue weighted by molar-refractivity contribution is 9.11. The van der Waals surface area contributed by atoms with Gasteiger partial charge in [0.2, 0.25) is 0 Å². The molecule has 2 aromatic carbocycles. The smallest absolute Gasteiger partial charge is 0.159 e. The number of benzene rings is 2. The van der Waals surface area contributed by atoms with Crippen LogP contribution in [0.1, 0.15) is 18.1 Å². The molecule has 110 valence electrons. The van der Waals surface area contributed by atoms with Crippen molar-refractivity contribution >= 4 is 43.8 Å². The zero-order valence-corrected chi connectivity index (χ0v) is 14.9. The summed E-state index contributed by atoms with van der Waals surface area (Å²) in [5.41, 5.74) is 2.36. The Labute approximate surface area is 140 Å². The van der Waals surface area contributed by atoms with Gasteiger partial charge in [-0.15, -0.1) is 0 Å². The van der Waals surface area contributed by atoms with E-state index in [1.54, 1.807) is 12.3 Å². The second-order valence-electron chi connectivity index (χ2n) is 4.49. The minimum absolute atomic E-state index is 0.214. The SMILES string of the molecule is CCOc1c(Br)cc(Br)cc1N=Cc1ccc(C)cc1O. The number of rotatable bonds is 4. The van der Waals surface area contributed by atoms with Crippen LogP contribution in [0.15, 0.2) is 44.3 Å². The average molecular weight is 413 g/mol. The number of phenolic OH excluding ortho intramolecular Hbond substituents is 1. The summed E-state index contributed by atoms with van der Waals surface area (Å²) in [6.07, 6.45) is 1.63. The normalized spacial score (nSPS) is 11.0. The van der Waals surface area contributed by atoms with Crippen molar-refractivity contribution in [2.24, 2.45) is 4.99 Å². The second kappa shape index (κ2) is 7.09. The van der Waals surface area contributed by atoms with Crippen molar-refractivity contribution in [1.82, 2.24) is 0 Å². The molecular weight excluding hydrogens is 398 g/mol. The van der Waals surface area contributed by atoms with Crippen molar-refractivity contribution in [2.45, 2.75) is 13.8 Å². The molecule has 2 rings (SSSR count). The lowest BCUT2D eigenvalue weighted by Crippen LogP contribution is -1.93. The van der Waals surface area contributed by atoms with E-state index >= 15 is 0 Å². The van der Waals surface area contributed by atoms with Gasteiger partial charge < -0.3 is 9.84 Å². The molecule has 0 amide bonds. The third kappa shape index (κ3) is 4.08. The fourth-order valence-corrected chi connectivity index (χ4v) is 3.15. The molecule has 0 saturated carbocycles. The first-order valence-corrected chi connectivity index (χ1v) is 8.05. The molecule has 0 aliphatic carbocycles. The zero-order chi connectivity index (χ0) is 15.4. The molecule has 0 fully saturated rings. The molecule has 0 aliphatic heterocycles. The summed E-state index contributed by atoms with van der Waals surface area (Å²) >= 11 is 6.91. The molecule has 0 aliphatic rings. The maximum absolute atomic E-state index is 9.91. The summed E-state index contributed by atoms with van der Waals surface area (Å²) in [6, 6.07) is 9.26. The van der Waals surface area contributed by atoms with Crippen LogP contribution in [0.4, 0.5) is 5.69 Å². The quantitative estimate of drug-likeness (QED) is 0.685. The van der Waals surface area contributed by atoms with Gasteiger partial charge in [-0.2, -0.15) is 0 Å². The van der Waals surface area contributed by atoms with Crippen molar-refractivity contribution in [1.29, 1.82) is 0 Å². The number of hydrogen-bond donors (Lipinski definition) is 1. The minimum Gasteiger partial charge on any atom is -0.507 e. The van der Waals surface area contributed by atoms with Crippen LogP contribution < -0.4 is 4.74 Å². The Hall–Kier alpha value is -1.33. The number of aryl methyl sites for hydroxylation is 1. The Balaban J connectivity index is 2.40. The van der Waals surface area contributed by atoms with Gasteiger partial charge >= 0.3 is 0 Å². The summed E-state index contributed by atoms with van der Waals surface area (Å²) in [5, 5.41) is 9.91. The van der Waals surface area contributed by atoms with E-state index in [2.05, 4.69) is 36.9 Å². The maximum Gasteiger partial charge on any atom is 0.159 e. The van der Waals surface area contributed by atoms with Gasteiger partial charge in [0.15, 0.2) is 5.75 Å². The fourth-order valence-electron chi connectivity index (χ4n) is 1.83. The molecule has 0 radical (unpaired) electrons. The molecule has 0 bridgehead atoms. The van der Waals surface area contributed by atoms with E-state index < -0.39 is 0 Å². The van der Waals surface area contributed by atoms with Crippen LogP contribution in [0.5, 0.6) is 11.5 Å². The lowest BCUT2D eigenvalue weighted by atomic mass is 10.1. The Bertz CT molecular complexity index is 684. The van der Waals surface area contributed by atoms with Gasteiger partial charge in [0.1, 0.15) is 11.4 Å². The van der Waals surface area contributed by atoms with E-state index in [0.717, 1.165) is 14.5 Å². The van der Waals surface area contributed by atoms with Crippen LogP contribution in [0.2, 0.25) is 0 Å². The van der Waals surface area contributed by atoms with Crippen molar-refractivity contribution in [3.05, 3.63) is 50.4 Å². The highest BCUT2D eigenvalue weighted by Crippen LogP contribution is 2.38. The number of nitrogens with zero attached hydrogens (tertiary/aromatic N) is 1. The van der Waals surface area contributed by atoms with E-state index in [-0.39, 0.29) is 5.75 Å².